The van der Waals surface area contributed by atoms with Crippen molar-refractivity contribution in [2.75, 3.05) is 0 Å². The standard InChI is InChI=1S/C22H24N2O3/c1-22(2,3)27-21(26)20-18(17-12-8-5-9-13-17)14-19(25)24(23-20)15-16-10-6-4-7-11-16/h4-13,18H,14-15H2,1-3H3. The van der Waals surface area contributed by atoms with Gasteiger partial charge in [-0.2, -0.15) is 5.10 Å². The lowest BCUT2D eigenvalue weighted by Crippen LogP contribution is -2.41. The molecule has 1 atom stereocenters. The van der Waals surface area contributed by atoms with Gasteiger partial charge in [-0.1, -0.05) is 60.7 Å². The first-order valence-electron chi connectivity index (χ1n) is 9.04. The van der Waals surface area contributed by atoms with E-state index in [-0.39, 0.29) is 18.0 Å². The molecule has 5 heteroatoms. The van der Waals surface area contributed by atoms with E-state index in [0.717, 1.165) is 11.1 Å². The zero-order valence-corrected chi connectivity index (χ0v) is 15.9. The van der Waals surface area contributed by atoms with Crippen LogP contribution in [0.2, 0.25) is 0 Å². The van der Waals surface area contributed by atoms with E-state index < -0.39 is 17.5 Å². The van der Waals surface area contributed by atoms with E-state index in [9.17, 15) is 9.59 Å². The average Bonchev–Trinajstić information content (AvgIpc) is 2.63. The quantitative estimate of drug-likeness (QED) is 0.773. The van der Waals surface area contributed by atoms with Crippen LogP contribution in [0.4, 0.5) is 0 Å². The summed E-state index contributed by atoms with van der Waals surface area (Å²) in [6.45, 7) is 5.78. The number of ether oxygens (including phenoxy) is 1. The maximum Gasteiger partial charge on any atom is 0.355 e. The zero-order chi connectivity index (χ0) is 19.4. The first-order chi connectivity index (χ1) is 12.8. The third-order valence-electron chi connectivity index (χ3n) is 4.21. The smallest absolute Gasteiger partial charge is 0.355 e. The third-order valence-corrected chi connectivity index (χ3v) is 4.21. The van der Waals surface area contributed by atoms with Crippen molar-refractivity contribution in [1.82, 2.24) is 5.01 Å². The lowest BCUT2D eigenvalue weighted by Gasteiger charge is -2.30. The molecular formula is C22H24N2O3. The number of hydrogen-bond acceptors (Lipinski definition) is 4. The second kappa shape index (κ2) is 7.74. The van der Waals surface area contributed by atoms with Crippen LogP contribution in [0.15, 0.2) is 65.8 Å². The van der Waals surface area contributed by atoms with Gasteiger partial charge in [0.25, 0.3) is 0 Å². The number of benzene rings is 2. The van der Waals surface area contributed by atoms with E-state index in [0.29, 0.717) is 6.54 Å². The molecule has 0 spiro atoms. The van der Waals surface area contributed by atoms with Gasteiger partial charge in [-0.3, -0.25) is 4.79 Å². The molecule has 0 N–H and O–H groups in total. The van der Waals surface area contributed by atoms with E-state index in [1.165, 1.54) is 5.01 Å². The Morgan fingerprint density at radius 1 is 1.07 bits per heavy atom. The molecule has 5 nitrogen and oxygen atoms in total. The monoisotopic (exact) mass is 364 g/mol. The van der Waals surface area contributed by atoms with Crippen LogP contribution in [0.25, 0.3) is 0 Å². The van der Waals surface area contributed by atoms with Crippen molar-refractivity contribution in [3.05, 3.63) is 71.8 Å². The highest BCUT2D eigenvalue weighted by Crippen LogP contribution is 2.29. The van der Waals surface area contributed by atoms with Gasteiger partial charge in [0.1, 0.15) is 5.60 Å². The van der Waals surface area contributed by atoms with Crippen molar-refractivity contribution < 1.29 is 14.3 Å². The summed E-state index contributed by atoms with van der Waals surface area (Å²) in [5.41, 5.74) is 1.48. The Kier molecular flexibility index (Phi) is 5.40. The first-order valence-corrected chi connectivity index (χ1v) is 9.04. The van der Waals surface area contributed by atoms with Crippen LogP contribution < -0.4 is 0 Å². The minimum Gasteiger partial charge on any atom is -0.455 e. The number of carbonyl (C=O) groups excluding carboxylic acids is 2. The maximum atomic E-state index is 12.8. The Morgan fingerprint density at radius 2 is 1.67 bits per heavy atom. The number of amides is 1. The largest absolute Gasteiger partial charge is 0.455 e. The lowest BCUT2D eigenvalue weighted by atomic mass is 9.89. The van der Waals surface area contributed by atoms with Gasteiger partial charge in [-0.25, -0.2) is 9.80 Å². The van der Waals surface area contributed by atoms with Crippen molar-refractivity contribution in [2.24, 2.45) is 5.10 Å². The third kappa shape index (κ3) is 4.82. The fourth-order valence-electron chi connectivity index (χ4n) is 2.99. The van der Waals surface area contributed by atoms with Crippen molar-refractivity contribution in [2.45, 2.75) is 45.3 Å². The Morgan fingerprint density at radius 3 is 2.26 bits per heavy atom. The summed E-state index contributed by atoms with van der Waals surface area (Å²) in [5, 5.41) is 5.79. The number of carbonyl (C=O) groups is 2. The van der Waals surface area contributed by atoms with Gasteiger partial charge >= 0.3 is 5.97 Å². The number of rotatable bonds is 4. The highest BCUT2D eigenvalue weighted by Gasteiger charge is 2.36. The van der Waals surface area contributed by atoms with Gasteiger partial charge in [0.05, 0.1) is 6.54 Å². The molecule has 0 aliphatic carbocycles. The molecule has 1 heterocycles. The van der Waals surface area contributed by atoms with Crippen LogP contribution in [0, 0.1) is 0 Å². The van der Waals surface area contributed by atoms with Crippen molar-refractivity contribution in [3.8, 4) is 0 Å². The second-order valence-corrected chi connectivity index (χ2v) is 7.59. The number of hydrogen-bond donors (Lipinski definition) is 0. The summed E-state index contributed by atoms with van der Waals surface area (Å²) in [4.78, 5) is 25.5. The Bertz CT molecular complexity index is 839. The molecular weight excluding hydrogens is 340 g/mol. The predicted octanol–water partition coefficient (Wildman–Crippen LogP) is 3.90. The van der Waals surface area contributed by atoms with Crippen LogP contribution in [-0.4, -0.2) is 28.2 Å². The molecule has 0 aromatic heterocycles. The average molecular weight is 364 g/mol. The number of esters is 1. The van der Waals surface area contributed by atoms with E-state index in [1.807, 2.05) is 81.4 Å². The summed E-state index contributed by atoms with van der Waals surface area (Å²) in [6, 6.07) is 19.1. The van der Waals surface area contributed by atoms with Crippen LogP contribution >= 0.6 is 0 Å². The van der Waals surface area contributed by atoms with Gasteiger partial charge in [-0.15, -0.1) is 0 Å². The predicted molar refractivity (Wildman–Crippen MR) is 104 cm³/mol. The van der Waals surface area contributed by atoms with Gasteiger partial charge in [0, 0.05) is 12.3 Å². The SMILES string of the molecule is CC(C)(C)OC(=O)C1=NN(Cc2ccccc2)C(=O)CC1c1ccccc1. The molecule has 2 aromatic carbocycles. The summed E-state index contributed by atoms with van der Waals surface area (Å²) < 4.78 is 5.56. The molecule has 3 rings (SSSR count). The Hall–Kier alpha value is -2.95. The molecule has 0 saturated heterocycles. The van der Waals surface area contributed by atoms with Crippen LogP contribution in [0.5, 0.6) is 0 Å². The summed E-state index contributed by atoms with van der Waals surface area (Å²) in [5.74, 6) is -0.998. The van der Waals surface area contributed by atoms with E-state index in [1.54, 1.807) is 0 Å². The van der Waals surface area contributed by atoms with Crippen LogP contribution in [-0.2, 0) is 20.9 Å². The van der Waals surface area contributed by atoms with Gasteiger partial charge in [0.2, 0.25) is 5.91 Å². The zero-order valence-electron chi connectivity index (χ0n) is 15.9. The van der Waals surface area contributed by atoms with E-state index in [2.05, 4.69) is 5.10 Å². The van der Waals surface area contributed by atoms with Gasteiger partial charge in [-0.05, 0) is 31.9 Å². The fourth-order valence-corrected chi connectivity index (χ4v) is 2.99. The summed E-state index contributed by atoms with van der Waals surface area (Å²) in [6.07, 6.45) is 0.189. The summed E-state index contributed by atoms with van der Waals surface area (Å²) in [7, 11) is 0. The highest BCUT2D eigenvalue weighted by molar-refractivity contribution is 6.39. The molecule has 27 heavy (non-hydrogen) atoms. The van der Waals surface area contributed by atoms with Gasteiger partial charge < -0.3 is 4.74 Å². The molecule has 0 fully saturated rings. The maximum absolute atomic E-state index is 12.8. The molecule has 140 valence electrons. The molecule has 2 aromatic rings. The molecule has 0 radical (unpaired) electrons. The first kappa shape index (κ1) is 18.8. The highest BCUT2D eigenvalue weighted by atomic mass is 16.6. The topological polar surface area (TPSA) is 59.0 Å². The van der Waals surface area contributed by atoms with Gasteiger partial charge in [0.15, 0.2) is 5.71 Å². The number of hydrazone groups is 1. The molecule has 1 amide bonds. The van der Waals surface area contributed by atoms with E-state index >= 15 is 0 Å². The van der Waals surface area contributed by atoms with Crippen molar-refractivity contribution >= 4 is 17.6 Å². The Labute approximate surface area is 159 Å². The minimum atomic E-state index is -0.632. The number of nitrogens with zero attached hydrogens (tertiary/aromatic N) is 2. The molecule has 1 unspecified atom stereocenters. The second-order valence-electron chi connectivity index (χ2n) is 7.59. The minimum absolute atomic E-state index is 0.111. The van der Waals surface area contributed by atoms with Crippen LogP contribution in [0.1, 0.15) is 44.2 Å². The van der Waals surface area contributed by atoms with Crippen LogP contribution in [0.3, 0.4) is 0 Å². The fraction of sp³-hybridized carbons (Fsp3) is 0.318. The normalized spacial score (nSPS) is 17.4. The van der Waals surface area contributed by atoms with Crippen molar-refractivity contribution in [1.29, 1.82) is 0 Å². The lowest BCUT2D eigenvalue weighted by molar-refractivity contribution is -0.146. The molecule has 1 aliphatic rings. The molecule has 0 bridgehead atoms. The molecule has 1 aliphatic heterocycles. The summed E-state index contributed by atoms with van der Waals surface area (Å²) >= 11 is 0. The van der Waals surface area contributed by atoms with E-state index in [4.69, 9.17) is 4.74 Å². The Balaban J connectivity index is 1.94. The molecule has 0 saturated carbocycles. The van der Waals surface area contributed by atoms with Crippen molar-refractivity contribution in [3.63, 3.8) is 0 Å².